The van der Waals surface area contributed by atoms with Gasteiger partial charge < -0.3 is 14.7 Å². The third-order valence-corrected chi connectivity index (χ3v) is 3.63. The summed E-state index contributed by atoms with van der Waals surface area (Å²) in [5.74, 6) is -0.210. The number of carbonyl (C=O) groups excluding carboxylic acids is 1. The van der Waals surface area contributed by atoms with E-state index in [1.54, 1.807) is 16.3 Å². The monoisotopic (exact) mass is 255 g/mol. The number of rotatable bonds is 4. The fraction of sp³-hybridized carbons (Fsp3) is 0.455. The number of hydrogen-bond acceptors (Lipinski definition) is 4. The first-order valence-corrected chi connectivity index (χ1v) is 6.12. The van der Waals surface area contributed by atoms with Crippen molar-refractivity contribution in [2.45, 2.75) is 6.42 Å². The van der Waals surface area contributed by atoms with Crippen molar-refractivity contribution in [1.82, 2.24) is 4.90 Å². The van der Waals surface area contributed by atoms with Crippen molar-refractivity contribution >= 4 is 23.2 Å². The van der Waals surface area contributed by atoms with E-state index in [4.69, 9.17) is 9.84 Å². The summed E-state index contributed by atoms with van der Waals surface area (Å²) >= 11 is 1.34. The Morgan fingerprint density at radius 2 is 2.29 bits per heavy atom. The predicted octanol–water partition coefficient (Wildman–Crippen LogP) is 1.30. The standard InChI is InChI=1S/C11H13NO4S/c1-16-8-2-3-17-10(8)11(15)12-5-7(6-12)4-9(13)14/h2-3,7H,4-6H2,1H3,(H,13,14). The molecule has 1 amide bonds. The molecule has 0 bridgehead atoms. The molecule has 1 aliphatic heterocycles. The van der Waals surface area contributed by atoms with Gasteiger partial charge in [-0.1, -0.05) is 0 Å². The van der Waals surface area contributed by atoms with Gasteiger partial charge in [-0.3, -0.25) is 9.59 Å². The molecule has 5 nitrogen and oxygen atoms in total. The fourth-order valence-corrected chi connectivity index (χ4v) is 2.69. The van der Waals surface area contributed by atoms with Crippen molar-refractivity contribution in [2.24, 2.45) is 5.92 Å². The number of hydrogen-bond donors (Lipinski definition) is 1. The molecule has 0 atom stereocenters. The molecule has 0 aliphatic carbocycles. The van der Waals surface area contributed by atoms with Gasteiger partial charge >= 0.3 is 5.97 Å². The first-order valence-electron chi connectivity index (χ1n) is 5.24. The van der Waals surface area contributed by atoms with Crippen molar-refractivity contribution in [2.75, 3.05) is 20.2 Å². The zero-order chi connectivity index (χ0) is 12.4. The van der Waals surface area contributed by atoms with E-state index in [0.717, 1.165) is 0 Å². The summed E-state index contributed by atoms with van der Waals surface area (Å²) in [5.41, 5.74) is 0. The number of thiophene rings is 1. The summed E-state index contributed by atoms with van der Waals surface area (Å²) in [4.78, 5) is 24.7. The molecule has 17 heavy (non-hydrogen) atoms. The van der Waals surface area contributed by atoms with E-state index in [0.29, 0.717) is 23.7 Å². The summed E-state index contributed by atoms with van der Waals surface area (Å²) in [6, 6.07) is 1.76. The minimum absolute atomic E-state index is 0.0708. The van der Waals surface area contributed by atoms with Crippen molar-refractivity contribution in [1.29, 1.82) is 0 Å². The number of carboxylic acid groups (broad SMARTS) is 1. The third kappa shape index (κ3) is 2.41. The summed E-state index contributed by atoms with van der Waals surface area (Å²) in [6.45, 7) is 1.04. The highest BCUT2D eigenvalue weighted by atomic mass is 32.1. The molecule has 0 radical (unpaired) electrons. The molecule has 6 heteroatoms. The highest BCUT2D eigenvalue weighted by molar-refractivity contribution is 7.12. The number of nitrogens with zero attached hydrogens (tertiary/aromatic N) is 1. The van der Waals surface area contributed by atoms with Gasteiger partial charge in [-0.15, -0.1) is 11.3 Å². The van der Waals surface area contributed by atoms with Gasteiger partial charge in [-0.2, -0.15) is 0 Å². The molecule has 2 rings (SSSR count). The summed E-state index contributed by atoms with van der Waals surface area (Å²) in [7, 11) is 1.53. The average molecular weight is 255 g/mol. The Kier molecular flexibility index (Phi) is 3.33. The Balaban J connectivity index is 1.93. The Morgan fingerprint density at radius 1 is 1.59 bits per heavy atom. The second kappa shape index (κ2) is 4.75. The largest absolute Gasteiger partial charge is 0.495 e. The van der Waals surface area contributed by atoms with Crippen LogP contribution < -0.4 is 4.74 Å². The van der Waals surface area contributed by atoms with Crippen LogP contribution in [0.2, 0.25) is 0 Å². The van der Waals surface area contributed by atoms with Gasteiger partial charge in [0.2, 0.25) is 0 Å². The van der Waals surface area contributed by atoms with E-state index < -0.39 is 5.97 Å². The lowest BCUT2D eigenvalue weighted by atomic mass is 9.96. The van der Waals surface area contributed by atoms with Gasteiger partial charge in [0, 0.05) is 19.0 Å². The van der Waals surface area contributed by atoms with Crippen LogP contribution in [0.1, 0.15) is 16.1 Å². The number of methoxy groups -OCH3 is 1. The van der Waals surface area contributed by atoms with E-state index in [-0.39, 0.29) is 18.2 Å². The van der Waals surface area contributed by atoms with Crippen LogP contribution in [0.15, 0.2) is 11.4 Å². The van der Waals surface area contributed by atoms with Gasteiger partial charge in [0.1, 0.15) is 10.6 Å². The summed E-state index contributed by atoms with van der Waals surface area (Å²) < 4.78 is 5.09. The number of amides is 1. The summed E-state index contributed by atoms with van der Waals surface area (Å²) in [6.07, 6.45) is 0.130. The lowest BCUT2D eigenvalue weighted by Crippen LogP contribution is -2.50. The van der Waals surface area contributed by atoms with Crippen LogP contribution in [0, 0.1) is 5.92 Å². The van der Waals surface area contributed by atoms with Gasteiger partial charge in [0.25, 0.3) is 5.91 Å². The van der Waals surface area contributed by atoms with Crippen molar-refractivity contribution in [3.05, 3.63) is 16.3 Å². The van der Waals surface area contributed by atoms with Crippen LogP contribution >= 0.6 is 11.3 Å². The first-order chi connectivity index (χ1) is 8.11. The molecule has 2 heterocycles. The Bertz CT molecular complexity index is 436. The van der Waals surface area contributed by atoms with Crippen molar-refractivity contribution < 1.29 is 19.4 Å². The number of aliphatic carboxylic acids is 1. The SMILES string of the molecule is COc1ccsc1C(=O)N1CC(CC(=O)O)C1. The Labute approximate surface area is 103 Å². The molecule has 1 fully saturated rings. The molecular formula is C11H13NO4S. The molecule has 1 aromatic heterocycles. The third-order valence-electron chi connectivity index (χ3n) is 2.75. The molecule has 0 unspecified atom stereocenters. The van der Waals surface area contributed by atoms with E-state index >= 15 is 0 Å². The summed E-state index contributed by atoms with van der Waals surface area (Å²) in [5, 5.41) is 10.4. The highest BCUT2D eigenvalue weighted by Gasteiger charge is 2.34. The van der Waals surface area contributed by atoms with Gasteiger partial charge in [-0.25, -0.2) is 0 Å². The lowest BCUT2D eigenvalue weighted by molar-refractivity contribution is -0.139. The molecule has 1 aromatic rings. The first kappa shape index (κ1) is 11.9. The molecule has 0 saturated carbocycles. The van der Waals surface area contributed by atoms with Crippen molar-refractivity contribution in [3.8, 4) is 5.75 Å². The van der Waals surface area contributed by atoms with Crippen LogP contribution in [0.3, 0.4) is 0 Å². The fourth-order valence-electron chi connectivity index (χ4n) is 1.87. The molecule has 0 aromatic carbocycles. The molecular weight excluding hydrogens is 242 g/mol. The topological polar surface area (TPSA) is 66.8 Å². The smallest absolute Gasteiger partial charge is 0.303 e. The molecule has 1 saturated heterocycles. The minimum Gasteiger partial charge on any atom is -0.495 e. The van der Waals surface area contributed by atoms with E-state index in [9.17, 15) is 9.59 Å². The average Bonchev–Trinajstić information content (AvgIpc) is 2.69. The lowest BCUT2D eigenvalue weighted by Gasteiger charge is -2.38. The van der Waals surface area contributed by atoms with Gasteiger partial charge in [0.15, 0.2) is 0 Å². The van der Waals surface area contributed by atoms with Crippen LogP contribution in [-0.2, 0) is 4.79 Å². The Hall–Kier alpha value is -1.56. The number of ether oxygens (including phenoxy) is 1. The number of likely N-dealkylation sites (tertiary alicyclic amines) is 1. The van der Waals surface area contributed by atoms with Crippen LogP contribution in [0.25, 0.3) is 0 Å². The maximum Gasteiger partial charge on any atom is 0.303 e. The number of carboxylic acids is 1. The predicted molar refractivity (Wildman–Crippen MR) is 62.5 cm³/mol. The van der Waals surface area contributed by atoms with Crippen LogP contribution in [0.4, 0.5) is 0 Å². The maximum absolute atomic E-state index is 12.0. The second-order valence-corrected chi connectivity index (χ2v) is 4.91. The van der Waals surface area contributed by atoms with Gasteiger partial charge in [-0.05, 0) is 11.4 Å². The van der Waals surface area contributed by atoms with Crippen LogP contribution in [0.5, 0.6) is 5.75 Å². The quantitative estimate of drug-likeness (QED) is 0.880. The zero-order valence-electron chi connectivity index (χ0n) is 9.38. The number of carbonyl (C=O) groups is 2. The molecule has 92 valence electrons. The molecule has 0 spiro atoms. The van der Waals surface area contributed by atoms with Crippen molar-refractivity contribution in [3.63, 3.8) is 0 Å². The van der Waals surface area contributed by atoms with Crippen LogP contribution in [-0.4, -0.2) is 42.1 Å². The van der Waals surface area contributed by atoms with E-state index in [1.165, 1.54) is 18.4 Å². The van der Waals surface area contributed by atoms with E-state index in [1.807, 2.05) is 0 Å². The Morgan fingerprint density at radius 3 is 2.88 bits per heavy atom. The maximum atomic E-state index is 12.0. The highest BCUT2D eigenvalue weighted by Crippen LogP contribution is 2.29. The molecule has 1 aliphatic rings. The van der Waals surface area contributed by atoms with E-state index in [2.05, 4.69) is 0 Å². The van der Waals surface area contributed by atoms with Gasteiger partial charge in [0.05, 0.1) is 13.5 Å². The minimum atomic E-state index is -0.809. The normalized spacial score (nSPS) is 15.5. The second-order valence-electron chi connectivity index (χ2n) is 3.99. The molecule has 1 N–H and O–H groups in total. The zero-order valence-corrected chi connectivity index (χ0v) is 10.2.